The molecule has 1 saturated carbocycles. The lowest BCUT2D eigenvalue weighted by atomic mass is 9.86. The zero-order valence-electron chi connectivity index (χ0n) is 19.6. The zero-order valence-corrected chi connectivity index (χ0v) is 20.4. The largest absolute Gasteiger partial charge is 0.344 e. The highest BCUT2D eigenvalue weighted by molar-refractivity contribution is 7.20. The van der Waals surface area contributed by atoms with Crippen molar-refractivity contribution in [3.05, 3.63) is 65.0 Å². The Morgan fingerprint density at radius 3 is 2.51 bits per heavy atom. The molecule has 3 aromatic rings. The summed E-state index contributed by atoms with van der Waals surface area (Å²) >= 11 is 1.25. The third-order valence-corrected chi connectivity index (χ3v) is 7.66. The SMILES string of the molecule is O=C(CCC1CCCCC1)NC(Cc1ccccc1)C(=O)Nc1ccc2sc(C(=O)NO)cc2c1. The molecule has 7 nitrogen and oxygen atoms in total. The van der Waals surface area contributed by atoms with Gasteiger partial charge < -0.3 is 10.6 Å². The number of benzene rings is 2. The molecular weight excluding hydrogens is 462 g/mol. The van der Waals surface area contributed by atoms with E-state index < -0.39 is 11.9 Å². The molecule has 184 valence electrons. The Kier molecular flexibility index (Phi) is 8.50. The maximum absolute atomic E-state index is 13.2. The molecule has 1 aromatic heterocycles. The maximum atomic E-state index is 13.2. The third kappa shape index (κ3) is 6.90. The standard InChI is InChI=1S/C27H31N3O4S/c31-25(14-11-18-7-3-1-4-8-18)29-22(15-19-9-5-2-6-10-19)26(32)28-21-12-13-23-20(16-21)17-24(35-23)27(33)30-34/h2,5-6,9-10,12-13,16-18,22,34H,1,3-4,7-8,11,14-15H2,(H,28,32)(H,29,31)(H,30,33). The number of anilines is 1. The Morgan fingerprint density at radius 2 is 1.77 bits per heavy atom. The van der Waals surface area contributed by atoms with E-state index in [1.165, 1.54) is 43.4 Å². The fourth-order valence-corrected chi connectivity index (χ4v) is 5.59. The quantitative estimate of drug-likeness (QED) is 0.247. The van der Waals surface area contributed by atoms with Crippen molar-refractivity contribution in [2.75, 3.05) is 5.32 Å². The summed E-state index contributed by atoms with van der Waals surface area (Å²) in [6.45, 7) is 0. The second-order valence-corrected chi connectivity index (χ2v) is 10.2. The highest BCUT2D eigenvalue weighted by Gasteiger charge is 2.23. The Labute approximate surface area is 208 Å². The van der Waals surface area contributed by atoms with Crippen LogP contribution in [0.1, 0.15) is 60.2 Å². The van der Waals surface area contributed by atoms with Crippen LogP contribution in [-0.2, 0) is 16.0 Å². The van der Waals surface area contributed by atoms with Crippen molar-refractivity contribution in [2.24, 2.45) is 5.92 Å². The van der Waals surface area contributed by atoms with E-state index >= 15 is 0 Å². The number of thiophene rings is 1. The number of amides is 3. The summed E-state index contributed by atoms with van der Waals surface area (Å²) in [6, 6.07) is 16.0. The van der Waals surface area contributed by atoms with Crippen LogP contribution in [0, 0.1) is 5.92 Å². The number of hydrogen-bond acceptors (Lipinski definition) is 5. The summed E-state index contributed by atoms with van der Waals surface area (Å²) in [5, 5.41) is 15.5. The second-order valence-electron chi connectivity index (χ2n) is 9.15. The molecule has 35 heavy (non-hydrogen) atoms. The number of nitrogens with one attached hydrogen (secondary N) is 3. The summed E-state index contributed by atoms with van der Waals surface area (Å²) in [4.78, 5) is 38.1. The van der Waals surface area contributed by atoms with E-state index in [-0.39, 0.29) is 11.8 Å². The van der Waals surface area contributed by atoms with Crippen LogP contribution in [-0.4, -0.2) is 29.0 Å². The van der Waals surface area contributed by atoms with E-state index in [1.807, 2.05) is 36.4 Å². The van der Waals surface area contributed by atoms with Gasteiger partial charge in [0.15, 0.2) is 0 Å². The van der Waals surface area contributed by atoms with E-state index in [9.17, 15) is 14.4 Å². The lowest BCUT2D eigenvalue weighted by Gasteiger charge is -2.22. The van der Waals surface area contributed by atoms with Crippen molar-refractivity contribution in [1.82, 2.24) is 10.8 Å². The molecule has 2 aromatic carbocycles. The third-order valence-electron chi connectivity index (χ3n) is 6.55. The molecule has 0 aliphatic heterocycles. The molecule has 1 unspecified atom stereocenters. The summed E-state index contributed by atoms with van der Waals surface area (Å²) in [5.74, 6) is -0.357. The first-order chi connectivity index (χ1) is 17.0. The molecule has 4 rings (SSSR count). The number of hydroxylamine groups is 1. The fourth-order valence-electron chi connectivity index (χ4n) is 4.65. The fraction of sp³-hybridized carbons (Fsp3) is 0.370. The first kappa shape index (κ1) is 24.9. The van der Waals surface area contributed by atoms with Gasteiger partial charge in [0.05, 0.1) is 4.88 Å². The van der Waals surface area contributed by atoms with Crippen molar-refractivity contribution in [3.8, 4) is 0 Å². The summed E-state index contributed by atoms with van der Waals surface area (Å²) in [5.41, 5.74) is 3.18. The van der Waals surface area contributed by atoms with Crippen molar-refractivity contribution >= 4 is 44.8 Å². The Hall–Kier alpha value is -3.23. The summed E-state index contributed by atoms with van der Waals surface area (Å²) in [7, 11) is 0. The van der Waals surface area contributed by atoms with Crippen LogP contribution < -0.4 is 16.1 Å². The lowest BCUT2D eigenvalue weighted by Crippen LogP contribution is -2.45. The zero-order chi connectivity index (χ0) is 24.6. The molecule has 1 heterocycles. The van der Waals surface area contributed by atoms with Crippen molar-refractivity contribution < 1.29 is 19.6 Å². The number of carbonyl (C=O) groups is 3. The molecule has 4 N–H and O–H groups in total. The maximum Gasteiger partial charge on any atom is 0.284 e. The smallest absolute Gasteiger partial charge is 0.284 e. The van der Waals surface area contributed by atoms with E-state index in [1.54, 1.807) is 23.7 Å². The first-order valence-electron chi connectivity index (χ1n) is 12.1. The minimum atomic E-state index is -0.704. The average molecular weight is 494 g/mol. The minimum Gasteiger partial charge on any atom is -0.344 e. The molecule has 0 bridgehead atoms. The van der Waals surface area contributed by atoms with Gasteiger partial charge in [0.1, 0.15) is 6.04 Å². The molecule has 1 aliphatic rings. The van der Waals surface area contributed by atoms with Crippen LogP contribution in [0.2, 0.25) is 0 Å². The van der Waals surface area contributed by atoms with Gasteiger partial charge in [-0.1, -0.05) is 62.4 Å². The topological polar surface area (TPSA) is 108 Å². The van der Waals surface area contributed by atoms with Gasteiger partial charge in [-0.3, -0.25) is 19.6 Å². The predicted molar refractivity (Wildman–Crippen MR) is 138 cm³/mol. The van der Waals surface area contributed by atoms with Crippen LogP contribution in [0.15, 0.2) is 54.6 Å². The second kappa shape index (κ2) is 12.0. The van der Waals surface area contributed by atoms with Gasteiger partial charge in [-0.05, 0) is 47.6 Å². The van der Waals surface area contributed by atoms with Gasteiger partial charge in [-0.25, -0.2) is 5.48 Å². The molecular formula is C27H31N3O4S. The Bertz CT molecular complexity index is 1170. The average Bonchev–Trinajstić information content (AvgIpc) is 3.31. The van der Waals surface area contributed by atoms with Gasteiger partial charge in [0.2, 0.25) is 11.8 Å². The molecule has 1 fully saturated rings. The van der Waals surface area contributed by atoms with Crippen LogP contribution in [0.25, 0.3) is 10.1 Å². The van der Waals surface area contributed by atoms with Gasteiger partial charge in [0.25, 0.3) is 5.91 Å². The first-order valence-corrected chi connectivity index (χ1v) is 13.0. The minimum absolute atomic E-state index is 0.0976. The molecule has 3 amide bonds. The molecule has 1 aliphatic carbocycles. The van der Waals surface area contributed by atoms with Crippen molar-refractivity contribution in [1.29, 1.82) is 0 Å². The van der Waals surface area contributed by atoms with E-state index in [2.05, 4.69) is 10.6 Å². The van der Waals surface area contributed by atoms with Gasteiger partial charge in [-0.15, -0.1) is 11.3 Å². The van der Waals surface area contributed by atoms with Crippen LogP contribution in [0.5, 0.6) is 0 Å². The highest BCUT2D eigenvalue weighted by atomic mass is 32.1. The Balaban J connectivity index is 1.44. The van der Waals surface area contributed by atoms with E-state index in [4.69, 9.17) is 5.21 Å². The number of hydrogen-bond donors (Lipinski definition) is 4. The van der Waals surface area contributed by atoms with Crippen LogP contribution >= 0.6 is 11.3 Å². The van der Waals surface area contributed by atoms with E-state index in [0.29, 0.717) is 29.3 Å². The lowest BCUT2D eigenvalue weighted by molar-refractivity contribution is -0.126. The number of fused-ring (bicyclic) bond motifs is 1. The summed E-state index contributed by atoms with van der Waals surface area (Å²) < 4.78 is 0.860. The predicted octanol–water partition coefficient (Wildman–Crippen LogP) is 5.05. The van der Waals surface area contributed by atoms with Crippen LogP contribution in [0.3, 0.4) is 0 Å². The van der Waals surface area contributed by atoms with Gasteiger partial charge in [0, 0.05) is 23.2 Å². The van der Waals surface area contributed by atoms with E-state index in [0.717, 1.165) is 22.1 Å². The monoisotopic (exact) mass is 493 g/mol. The summed E-state index contributed by atoms with van der Waals surface area (Å²) in [6.07, 6.45) is 7.84. The highest BCUT2D eigenvalue weighted by Crippen LogP contribution is 2.29. The van der Waals surface area contributed by atoms with Gasteiger partial charge >= 0.3 is 0 Å². The van der Waals surface area contributed by atoms with Crippen molar-refractivity contribution in [2.45, 2.75) is 57.4 Å². The van der Waals surface area contributed by atoms with Crippen LogP contribution in [0.4, 0.5) is 5.69 Å². The molecule has 0 saturated heterocycles. The molecule has 0 radical (unpaired) electrons. The molecule has 0 spiro atoms. The number of rotatable bonds is 9. The Morgan fingerprint density at radius 1 is 1.00 bits per heavy atom. The molecule has 1 atom stereocenters. The normalized spacial score (nSPS) is 14.9. The number of carbonyl (C=O) groups excluding carboxylic acids is 3. The molecule has 8 heteroatoms. The van der Waals surface area contributed by atoms with Gasteiger partial charge in [-0.2, -0.15) is 0 Å². The van der Waals surface area contributed by atoms with Crippen molar-refractivity contribution in [3.63, 3.8) is 0 Å².